The number of nitrogens with zero attached hydrogens (tertiary/aromatic N) is 1. The van der Waals surface area contributed by atoms with Gasteiger partial charge in [0.1, 0.15) is 5.58 Å². The van der Waals surface area contributed by atoms with Crippen molar-refractivity contribution in [3.63, 3.8) is 0 Å². The number of methoxy groups -OCH3 is 1. The third-order valence-corrected chi connectivity index (χ3v) is 6.15. The van der Waals surface area contributed by atoms with Gasteiger partial charge < -0.3 is 24.3 Å². The molecule has 0 unspecified atom stereocenters. The molecule has 0 radical (unpaired) electrons. The number of hydrogen-bond donors (Lipinski definition) is 2. The summed E-state index contributed by atoms with van der Waals surface area (Å²) in [4.78, 5) is 28.4. The first-order chi connectivity index (χ1) is 14.8. The SMILES string of the molecule is COc1cc([C@H]2c3c(oc4c(C)cc(C)cc4c3=O)C(=O)N2CCCO)cc(Br)c1O. The zero-order valence-electron chi connectivity index (χ0n) is 17.4. The summed E-state index contributed by atoms with van der Waals surface area (Å²) in [6, 6.07) is 6.19. The number of fused-ring (bicyclic) bond motifs is 2. The van der Waals surface area contributed by atoms with Gasteiger partial charge in [-0.05, 0) is 71.1 Å². The van der Waals surface area contributed by atoms with Gasteiger partial charge in [0.15, 0.2) is 16.9 Å². The second-order valence-electron chi connectivity index (χ2n) is 7.66. The van der Waals surface area contributed by atoms with Crippen LogP contribution in [0.1, 0.15) is 45.3 Å². The smallest absolute Gasteiger partial charge is 0.290 e. The molecule has 1 amide bonds. The average Bonchev–Trinajstić information content (AvgIpc) is 3.01. The van der Waals surface area contributed by atoms with Crippen molar-refractivity contribution in [2.24, 2.45) is 0 Å². The van der Waals surface area contributed by atoms with E-state index in [-0.39, 0.29) is 41.4 Å². The first kappa shape index (κ1) is 21.4. The summed E-state index contributed by atoms with van der Waals surface area (Å²) in [5.74, 6) is -0.259. The zero-order chi connectivity index (χ0) is 22.4. The predicted molar refractivity (Wildman–Crippen MR) is 119 cm³/mol. The fraction of sp³-hybridized carbons (Fsp3) is 0.304. The number of aliphatic hydroxyl groups excluding tert-OH is 1. The van der Waals surface area contributed by atoms with Crippen molar-refractivity contribution in [2.75, 3.05) is 20.3 Å². The molecule has 0 fully saturated rings. The molecular formula is C23H22BrNO6. The highest BCUT2D eigenvalue weighted by molar-refractivity contribution is 9.10. The number of phenolic OH excluding ortho intramolecular Hbond substituents is 1. The molecule has 162 valence electrons. The molecule has 1 aliphatic rings. The third kappa shape index (κ3) is 3.40. The molecule has 2 N–H and O–H groups in total. The lowest BCUT2D eigenvalue weighted by Crippen LogP contribution is -2.31. The van der Waals surface area contributed by atoms with Crippen molar-refractivity contribution in [1.82, 2.24) is 4.90 Å². The molecule has 31 heavy (non-hydrogen) atoms. The number of halogens is 1. The molecule has 1 aliphatic heterocycles. The molecule has 7 nitrogen and oxygen atoms in total. The first-order valence-corrected chi connectivity index (χ1v) is 10.6. The Kier molecular flexibility index (Phi) is 5.53. The Bertz CT molecular complexity index is 1270. The summed E-state index contributed by atoms with van der Waals surface area (Å²) in [7, 11) is 1.43. The van der Waals surface area contributed by atoms with Gasteiger partial charge >= 0.3 is 0 Å². The van der Waals surface area contributed by atoms with Gasteiger partial charge in [-0.15, -0.1) is 0 Å². The molecule has 3 aromatic rings. The number of amides is 1. The van der Waals surface area contributed by atoms with Crippen molar-refractivity contribution in [3.8, 4) is 11.5 Å². The van der Waals surface area contributed by atoms with Crippen LogP contribution in [0.15, 0.2) is 37.9 Å². The van der Waals surface area contributed by atoms with Crippen molar-refractivity contribution in [3.05, 3.63) is 67.0 Å². The van der Waals surface area contributed by atoms with Crippen molar-refractivity contribution in [2.45, 2.75) is 26.3 Å². The van der Waals surface area contributed by atoms with Crippen LogP contribution in [-0.4, -0.2) is 41.3 Å². The Morgan fingerprint density at radius 2 is 1.94 bits per heavy atom. The number of aliphatic hydroxyl groups is 1. The number of aryl methyl sites for hydroxylation is 2. The Morgan fingerprint density at radius 3 is 2.61 bits per heavy atom. The quantitative estimate of drug-likeness (QED) is 0.567. The minimum atomic E-state index is -0.735. The Balaban J connectivity index is 2.03. The van der Waals surface area contributed by atoms with Crippen LogP contribution < -0.4 is 10.2 Å². The molecule has 1 aromatic heterocycles. The fourth-order valence-electron chi connectivity index (χ4n) is 4.20. The van der Waals surface area contributed by atoms with Crippen LogP contribution in [0, 0.1) is 13.8 Å². The van der Waals surface area contributed by atoms with E-state index in [0.29, 0.717) is 27.4 Å². The fourth-order valence-corrected chi connectivity index (χ4v) is 4.66. The number of ether oxygens (including phenoxy) is 1. The number of benzene rings is 2. The molecule has 2 heterocycles. The van der Waals surface area contributed by atoms with Crippen LogP contribution in [-0.2, 0) is 0 Å². The molecule has 1 atom stereocenters. The van der Waals surface area contributed by atoms with Gasteiger partial charge in [0, 0.05) is 13.2 Å². The van der Waals surface area contributed by atoms with E-state index >= 15 is 0 Å². The van der Waals surface area contributed by atoms with Gasteiger partial charge in [-0.3, -0.25) is 9.59 Å². The Labute approximate surface area is 187 Å². The second-order valence-corrected chi connectivity index (χ2v) is 8.52. The van der Waals surface area contributed by atoms with Gasteiger partial charge in [-0.2, -0.15) is 0 Å². The number of carbonyl (C=O) groups excluding carboxylic acids is 1. The highest BCUT2D eigenvalue weighted by Gasteiger charge is 2.43. The first-order valence-electron chi connectivity index (χ1n) is 9.84. The van der Waals surface area contributed by atoms with Crippen molar-refractivity contribution < 1.29 is 24.2 Å². The van der Waals surface area contributed by atoms with E-state index in [9.17, 15) is 19.8 Å². The van der Waals surface area contributed by atoms with Gasteiger partial charge in [-0.25, -0.2) is 0 Å². The van der Waals surface area contributed by atoms with E-state index in [1.54, 1.807) is 18.2 Å². The van der Waals surface area contributed by atoms with Crippen molar-refractivity contribution in [1.29, 1.82) is 0 Å². The van der Waals surface area contributed by atoms with Crippen LogP contribution >= 0.6 is 15.9 Å². The minimum absolute atomic E-state index is 0.00978. The maximum absolute atomic E-state index is 13.6. The lowest BCUT2D eigenvalue weighted by atomic mass is 9.97. The van der Waals surface area contributed by atoms with E-state index in [4.69, 9.17) is 9.15 Å². The summed E-state index contributed by atoms with van der Waals surface area (Å²) in [6.45, 7) is 3.88. The molecule has 0 saturated heterocycles. The molecule has 0 saturated carbocycles. The average molecular weight is 488 g/mol. The summed E-state index contributed by atoms with van der Waals surface area (Å²) in [6.07, 6.45) is 0.346. The topological polar surface area (TPSA) is 100 Å². The normalized spacial score (nSPS) is 15.6. The van der Waals surface area contributed by atoms with E-state index < -0.39 is 11.9 Å². The van der Waals surface area contributed by atoms with E-state index in [2.05, 4.69) is 15.9 Å². The number of phenols is 1. The maximum Gasteiger partial charge on any atom is 0.290 e. The second kappa shape index (κ2) is 8.01. The number of carbonyl (C=O) groups is 1. The lowest BCUT2D eigenvalue weighted by Gasteiger charge is -2.25. The van der Waals surface area contributed by atoms with Gasteiger partial charge in [0.2, 0.25) is 5.76 Å². The molecular weight excluding hydrogens is 466 g/mol. The summed E-state index contributed by atoms with van der Waals surface area (Å²) >= 11 is 3.31. The monoisotopic (exact) mass is 487 g/mol. The Hall–Kier alpha value is -2.84. The van der Waals surface area contributed by atoms with Gasteiger partial charge in [-0.1, -0.05) is 6.07 Å². The molecule has 4 rings (SSSR count). The Morgan fingerprint density at radius 1 is 1.19 bits per heavy atom. The summed E-state index contributed by atoms with van der Waals surface area (Å²) < 4.78 is 11.7. The van der Waals surface area contributed by atoms with Crippen LogP contribution in [0.4, 0.5) is 0 Å². The van der Waals surface area contributed by atoms with Gasteiger partial charge in [0.05, 0.1) is 28.6 Å². The van der Waals surface area contributed by atoms with Crippen LogP contribution in [0.3, 0.4) is 0 Å². The minimum Gasteiger partial charge on any atom is -0.503 e. The standard InChI is InChI=1S/C23H22BrNO6/c1-11-7-12(2)21-14(8-11)19(27)17-18(13-9-15(24)20(28)16(10-13)30-3)25(5-4-6-26)23(29)22(17)31-21/h7-10,18,26,28H,4-6H2,1-3H3/t18-/m0/s1. The predicted octanol–water partition coefficient (Wildman–Crippen LogP) is 3.81. The van der Waals surface area contributed by atoms with E-state index in [1.165, 1.54) is 12.0 Å². The van der Waals surface area contributed by atoms with Crippen LogP contribution in [0.5, 0.6) is 11.5 Å². The molecule has 0 spiro atoms. The molecule has 0 aliphatic carbocycles. The van der Waals surface area contributed by atoms with Crippen LogP contribution in [0.25, 0.3) is 11.0 Å². The van der Waals surface area contributed by atoms with Crippen molar-refractivity contribution >= 4 is 32.8 Å². The summed E-state index contributed by atoms with van der Waals surface area (Å²) in [5, 5.41) is 20.0. The third-order valence-electron chi connectivity index (χ3n) is 5.54. The van der Waals surface area contributed by atoms with Gasteiger partial charge in [0.25, 0.3) is 5.91 Å². The molecule has 0 bridgehead atoms. The largest absolute Gasteiger partial charge is 0.503 e. The number of aromatic hydroxyl groups is 1. The number of rotatable bonds is 5. The lowest BCUT2D eigenvalue weighted by molar-refractivity contribution is 0.0716. The summed E-state index contributed by atoms with van der Waals surface area (Å²) in [5.41, 5.74) is 2.67. The number of hydrogen-bond acceptors (Lipinski definition) is 6. The maximum atomic E-state index is 13.6. The molecule has 2 aromatic carbocycles. The molecule has 8 heteroatoms. The highest BCUT2D eigenvalue weighted by Crippen LogP contribution is 2.43. The van der Waals surface area contributed by atoms with E-state index in [0.717, 1.165) is 11.1 Å². The van der Waals surface area contributed by atoms with E-state index in [1.807, 2.05) is 19.9 Å². The highest BCUT2D eigenvalue weighted by atomic mass is 79.9. The van der Waals surface area contributed by atoms with Crippen LogP contribution in [0.2, 0.25) is 0 Å². The zero-order valence-corrected chi connectivity index (χ0v) is 18.9.